The predicted molar refractivity (Wildman–Crippen MR) is 135 cm³/mol. The van der Waals surface area contributed by atoms with Gasteiger partial charge in [0.2, 0.25) is 0 Å². The summed E-state index contributed by atoms with van der Waals surface area (Å²) >= 11 is -0.826. The van der Waals surface area contributed by atoms with Crippen LogP contribution in [0.2, 0.25) is 0 Å². The number of halogens is 2. The van der Waals surface area contributed by atoms with Crippen molar-refractivity contribution in [2.45, 2.75) is 40.0 Å². The summed E-state index contributed by atoms with van der Waals surface area (Å²) in [6.45, 7) is 9.19. The van der Waals surface area contributed by atoms with Gasteiger partial charge in [0.15, 0.2) is 0 Å². The van der Waals surface area contributed by atoms with E-state index in [1.165, 1.54) is 44.2 Å². The van der Waals surface area contributed by atoms with E-state index < -0.39 is 20.8 Å². The second-order valence-corrected chi connectivity index (χ2v) is 12.4. The third-order valence-corrected chi connectivity index (χ3v) is 5.53. The Balaban J connectivity index is 0.000000858. The molecule has 0 bridgehead atoms. The van der Waals surface area contributed by atoms with Crippen LogP contribution in [-0.4, -0.2) is 0 Å². The fraction of sp³-hybridized carbons (Fsp3) is 0.250. The van der Waals surface area contributed by atoms with Gasteiger partial charge in [-0.05, 0) is 34.9 Å². The molecule has 0 unspecified atom stereocenters. The number of hydrogen-bond donors (Lipinski definition) is 0. The number of benzene rings is 3. The summed E-state index contributed by atoms with van der Waals surface area (Å²) in [4.78, 5) is 0. The second-order valence-electron chi connectivity index (χ2n) is 8.63. The molecule has 160 valence electrons. The molecule has 0 nitrogen and oxygen atoms in total. The first-order chi connectivity index (χ1) is 15.0. The van der Waals surface area contributed by atoms with Crippen molar-refractivity contribution in [3.05, 3.63) is 90.0 Å². The average Bonchev–Trinajstić information content (AvgIpc) is 3.16. The Labute approximate surface area is 205 Å². The zero-order chi connectivity index (χ0) is 22.4. The fourth-order valence-corrected chi connectivity index (χ4v) is 4.30. The van der Waals surface area contributed by atoms with Crippen molar-refractivity contribution in [3.63, 3.8) is 0 Å². The predicted octanol–water partition coefficient (Wildman–Crippen LogP) is 9.59. The molecule has 0 fully saturated rings. The summed E-state index contributed by atoms with van der Waals surface area (Å²) in [5.74, 6) is 1.15. The summed E-state index contributed by atoms with van der Waals surface area (Å²) in [5, 5.41) is 2.75. The summed E-state index contributed by atoms with van der Waals surface area (Å²) in [6.07, 6.45) is 1.13. The van der Waals surface area contributed by atoms with Crippen molar-refractivity contribution in [3.8, 4) is 22.3 Å². The van der Waals surface area contributed by atoms with E-state index in [1.807, 2.05) is 0 Å². The Kier molecular flexibility index (Phi) is 9.09. The van der Waals surface area contributed by atoms with Crippen LogP contribution in [0.3, 0.4) is 0 Å². The van der Waals surface area contributed by atoms with Gasteiger partial charge in [-0.25, -0.2) is 0 Å². The Morgan fingerprint density at radius 2 is 1.42 bits per heavy atom. The molecular formula is C28H29Cl2Zr-. The first kappa shape index (κ1) is 24.4. The van der Waals surface area contributed by atoms with Gasteiger partial charge in [0.1, 0.15) is 0 Å². The summed E-state index contributed by atoms with van der Waals surface area (Å²) < 4.78 is 0. The van der Waals surface area contributed by atoms with Gasteiger partial charge in [0.05, 0.1) is 0 Å². The maximum atomic E-state index is 4.93. The van der Waals surface area contributed by atoms with Crippen LogP contribution >= 0.6 is 17.0 Å². The van der Waals surface area contributed by atoms with Gasteiger partial charge in [-0.3, -0.25) is 0 Å². The minimum absolute atomic E-state index is 0.478. The third kappa shape index (κ3) is 5.95. The Hall–Kier alpha value is -1.27. The van der Waals surface area contributed by atoms with Crippen molar-refractivity contribution >= 4 is 27.8 Å². The normalized spacial score (nSPS) is 11.0. The van der Waals surface area contributed by atoms with Crippen LogP contribution in [0.5, 0.6) is 0 Å². The monoisotopic (exact) mass is 525 g/mol. The van der Waals surface area contributed by atoms with E-state index in [-0.39, 0.29) is 0 Å². The summed E-state index contributed by atoms with van der Waals surface area (Å²) in [5.41, 5.74) is 8.21. The zero-order valence-electron chi connectivity index (χ0n) is 18.6. The van der Waals surface area contributed by atoms with Crippen LogP contribution in [0.4, 0.5) is 0 Å². The molecule has 31 heavy (non-hydrogen) atoms. The van der Waals surface area contributed by atoms with E-state index in [2.05, 4.69) is 107 Å². The van der Waals surface area contributed by atoms with Crippen LogP contribution in [0.15, 0.2) is 78.9 Å². The molecule has 0 radical (unpaired) electrons. The number of rotatable bonds is 5. The van der Waals surface area contributed by atoms with Crippen LogP contribution in [0.25, 0.3) is 33.0 Å². The molecule has 4 rings (SSSR count). The van der Waals surface area contributed by atoms with Crippen LogP contribution in [-0.2, 0) is 27.3 Å². The summed E-state index contributed by atoms with van der Waals surface area (Å²) in [7, 11) is 9.87. The van der Waals surface area contributed by atoms with Gasteiger partial charge in [-0.1, -0.05) is 93.4 Å². The standard InChI is InChI=1S/C28H29.2ClH.Zr/c1-19(2)16-21-17-23-14-15-24(20(3)4)28(27(23)18-21)26-13-9-8-12-25(26)22-10-6-5-7-11-22;;;/h5-15,17-20H,16H2,1-4H3;2*1H;/q-1;;;+2/p-2. The molecule has 4 aromatic rings. The molecule has 0 aliphatic carbocycles. The molecule has 0 atom stereocenters. The van der Waals surface area contributed by atoms with E-state index in [1.54, 1.807) is 0 Å². The van der Waals surface area contributed by atoms with E-state index in [0.717, 1.165) is 6.42 Å². The van der Waals surface area contributed by atoms with Crippen molar-refractivity contribution < 1.29 is 20.8 Å². The third-order valence-electron chi connectivity index (χ3n) is 5.53. The SMILES string of the molecule is CC(C)Cc1cc2c(-c3ccccc3-c3ccccc3)c(C(C)C)ccc2[cH-]1.[Cl][Zr][Cl]. The molecule has 4 aromatic carbocycles. The van der Waals surface area contributed by atoms with E-state index in [9.17, 15) is 0 Å². The molecule has 0 aromatic heterocycles. The van der Waals surface area contributed by atoms with Gasteiger partial charge >= 0.3 is 37.9 Å². The Bertz CT molecular complexity index is 1110. The average molecular weight is 528 g/mol. The van der Waals surface area contributed by atoms with Crippen LogP contribution < -0.4 is 0 Å². The van der Waals surface area contributed by atoms with E-state index >= 15 is 0 Å². The molecule has 0 N–H and O–H groups in total. The van der Waals surface area contributed by atoms with Crippen LogP contribution in [0, 0.1) is 5.92 Å². The van der Waals surface area contributed by atoms with Gasteiger partial charge in [-0.2, -0.15) is 6.07 Å². The Morgan fingerprint density at radius 3 is 2.03 bits per heavy atom. The Morgan fingerprint density at radius 1 is 0.806 bits per heavy atom. The molecule has 3 heteroatoms. The van der Waals surface area contributed by atoms with Crippen molar-refractivity contribution in [1.82, 2.24) is 0 Å². The number of fused-ring (bicyclic) bond motifs is 1. The van der Waals surface area contributed by atoms with Crippen molar-refractivity contribution in [1.29, 1.82) is 0 Å². The minimum atomic E-state index is -0.826. The molecule has 0 aliphatic rings. The van der Waals surface area contributed by atoms with Gasteiger partial charge in [0.25, 0.3) is 0 Å². The molecule has 0 heterocycles. The zero-order valence-corrected chi connectivity index (χ0v) is 22.6. The van der Waals surface area contributed by atoms with Crippen LogP contribution in [0.1, 0.15) is 44.7 Å². The van der Waals surface area contributed by atoms with Gasteiger partial charge in [-0.15, -0.1) is 34.5 Å². The maximum absolute atomic E-state index is 4.93. The molecule has 0 saturated carbocycles. The fourth-order valence-electron chi connectivity index (χ4n) is 4.30. The van der Waals surface area contributed by atoms with E-state index in [0.29, 0.717) is 11.8 Å². The molecule has 0 aliphatic heterocycles. The first-order valence-electron chi connectivity index (χ1n) is 10.8. The van der Waals surface area contributed by atoms with Crippen molar-refractivity contribution in [2.24, 2.45) is 5.92 Å². The number of hydrogen-bond acceptors (Lipinski definition) is 0. The topological polar surface area (TPSA) is 0 Å². The molecule has 0 amide bonds. The molecule has 0 spiro atoms. The van der Waals surface area contributed by atoms with Gasteiger partial charge in [0, 0.05) is 0 Å². The summed E-state index contributed by atoms with van der Waals surface area (Å²) in [6, 6.07) is 29.1. The van der Waals surface area contributed by atoms with E-state index in [4.69, 9.17) is 17.0 Å². The molecular weight excluding hydrogens is 498 g/mol. The second kappa shape index (κ2) is 11.6. The van der Waals surface area contributed by atoms with Gasteiger partial charge < -0.3 is 0 Å². The van der Waals surface area contributed by atoms with Crippen molar-refractivity contribution in [2.75, 3.05) is 0 Å². The first-order valence-corrected chi connectivity index (χ1v) is 17.1. The molecule has 0 saturated heterocycles. The quantitative estimate of drug-likeness (QED) is 0.227.